The number of nitrogens with zero attached hydrogens (tertiary/aromatic N) is 3. The molecule has 0 bridgehead atoms. The van der Waals surface area contributed by atoms with E-state index < -0.39 is 4.92 Å². The molecule has 3 aromatic rings. The highest BCUT2D eigenvalue weighted by Crippen LogP contribution is 2.22. The van der Waals surface area contributed by atoms with E-state index in [9.17, 15) is 14.9 Å². The van der Waals surface area contributed by atoms with Crippen molar-refractivity contribution >= 4 is 17.5 Å². The van der Waals surface area contributed by atoms with E-state index in [1.54, 1.807) is 12.1 Å². The van der Waals surface area contributed by atoms with Crippen LogP contribution >= 0.6 is 0 Å². The number of hydrogen-bond acceptors (Lipinski definition) is 5. The molecule has 0 amide bonds. The number of carbonyl (C=O) groups excluding carboxylic acids is 1. The second-order valence-electron chi connectivity index (χ2n) is 5.96. The van der Waals surface area contributed by atoms with Crippen LogP contribution in [0.5, 0.6) is 0 Å². The summed E-state index contributed by atoms with van der Waals surface area (Å²) in [7, 11) is 0. The number of carbonyl (C=O) groups is 1. The highest BCUT2D eigenvalue weighted by Gasteiger charge is 2.13. The van der Waals surface area contributed by atoms with E-state index in [0.29, 0.717) is 11.6 Å². The largest absolute Gasteiger partial charge is 0.360 e. The molecule has 7 nitrogen and oxygen atoms in total. The van der Waals surface area contributed by atoms with Crippen molar-refractivity contribution < 1.29 is 14.2 Å². The SMILES string of the molecule is Cc1cc(-n2c(C)cc(/C=C/C(=O)c3cccc([N+](=O)[O-])c3)c2C)no1. The standard InChI is InChI=1S/C19H17N3O4/c1-12-9-15(14(3)21(12)19-10-13(2)26-20-19)7-8-18(23)16-5-4-6-17(11-16)22(24)25/h4-11H,1-3H3/b8-7+. The van der Waals surface area contributed by atoms with Crippen molar-refractivity contribution in [2.75, 3.05) is 0 Å². The van der Waals surface area contributed by atoms with E-state index in [-0.39, 0.29) is 17.0 Å². The maximum absolute atomic E-state index is 12.3. The van der Waals surface area contributed by atoms with E-state index >= 15 is 0 Å². The predicted octanol–water partition coefficient (Wildman–Crippen LogP) is 4.19. The third kappa shape index (κ3) is 3.32. The number of ketones is 1. The van der Waals surface area contributed by atoms with Gasteiger partial charge in [-0.15, -0.1) is 0 Å². The first-order chi connectivity index (χ1) is 12.4. The molecule has 2 heterocycles. The van der Waals surface area contributed by atoms with Gasteiger partial charge in [0.05, 0.1) is 4.92 Å². The molecule has 0 saturated carbocycles. The predicted molar refractivity (Wildman–Crippen MR) is 96.5 cm³/mol. The van der Waals surface area contributed by atoms with Crippen LogP contribution < -0.4 is 0 Å². The fourth-order valence-corrected chi connectivity index (χ4v) is 2.80. The minimum atomic E-state index is -0.520. The second kappa shape index (κ2) is 6.79. The Bertz CT molecular complexity index is 1030. The fraction of sp³-hybridized carbons (Fsp3) is 0.158. The van der Waals surface area contributed by atoms with Crippen molar-refractivity contribution in [3.05, 3.63) is 80.9 Å². The van der Waals surface area contributed by atoms with E-state index in [1.807, 2.05) is 37.5 Å². The number of hydrogen-bond donors (Lipinski definition) is 0. The molecular formula is C19H17N3O4. The van der Waals surface area contributed by atoms with Gasteiger partial charge in [0.2, 0.25) is 0 Å². The molecule has 0 radical (unpaired) electrons. The van der Waals surface area contributed by atoms with Gasteiger partial charge in [-0.05, 0) is 44.6 Å². The molecule has 0 fully saturated rings. The molecule has 0 spiro atoms. The van der Waals surface area contributed by atoms with E-state index in [1.165, 1.54) is 24.3 Å². The van der Waals surface area contributed by atoms with Crippen molar-refractivity contribution in [3.8, 4) is 5.82 Å². The number of allylic oxidation sites excluding steroid dienone is 1. The van der Waals surface area contributed by atoms with Crippen molar-refractivity contribution in [1.29, 1.82) is 0 Å². The van der Waals surface area contributed by atoms with E-state index in [0.717, 1.165) is 17.0 Å². The first-order valence-corrected chi connectivity index (χ1v) is 7.96. The van der Waals surface area contributed by atoms with Gasteiger partial charge in [-0.25, -0.2) is 0 Å². The lowest BCUT2D eigenvalue weighted by atomic mass is 10.1. The second-order valence-corrected chi connectivity index (χ2v) is 5.96. The Morgan fingerprint density at radius 3 is 2.65 bits per heavy atom. The average Bonchev–Trinajstić information content (AvgIpc) is 3.15. The highest BCUT2D eigenvalue weighted by molar-refractivity contribution is 6.07. The lowest BCUT2D eigenvalue weighted by Crippen LogP contribution is -1.99. The minimum absolute atomic E-state index is 0.108. The van der Waals surface area contributed by atoms with Gasteiger partial charge in [0, 0.05) is 35.2 Å². The zero-order valence-corrected chi connectivity index (χ0v) is 14.6. The maximum atomic E-state index is 12.3. The molecule has 0 saturated heterocycles. The topological polar surface area (TPSA) is 91.2 Å². The Balaban J connectivity index is 1.88. The van der Waals surface area contributed by atoms with Crippen LogP contribution in [0.4, 0.5) is 5.69 Å². The third-order valence-electron chi connectivity index (χ3n) is 4.07. The van der Waals surface area contributed by atoms with E-state index in [2.05, 4.69) is 5.16 Å². The molecule has 0 unspecified atom stereocenters. The summed E-state index contributed by atoms with van der Waals surface area (Å²) >= 11 is 0. The Kier molecular flexibility index (Phi) is 4.53. The summed E-state index contributed by atoms with van der Waals surface area (Å²) in [4.78, 5) is 22.6. The number of aryl methyl sites for hydroxylation is 2. The van der Waals surface area contributed by atoms with Gasteiger partial charge in [0.15, 0.2) is 11.6 Å². The number of non-ortho nitro benzene ring substituents is 1. The number of rotatable bonds is 5. The Morgan fingerprint density at radius 1 is 1.23 bits per heavy atom. The molecule has 0 aliphatic carbocycles. The molecule has 0 aliphatic heterocycles. The quantitative estimate of drug-likeness (QED) is 0.297. The lowest BCUT2D eigenvalue weighted by molar-refractivity contribution is -0.384. The first-order valence-electron chi connectivity index (χ1n) is 7.96. The monoisotopic (exact) mass is 351 g/mol. The van der Waals surface area contributed by atoms with Gasteiger partial charge < -0.3 is 4.52 Å². The molecule has 0 aliphatic rings. The van der Waals surface area contributed by atoms with Crippen molar-refractivity contribution in [2.45, 2.75) is 20.8 Å². The number of nitro benzene ring substituents is 1. The number of nitro groups is 1. The normalized spacial score (nSPS) is 11.2. The van der Waals surface area contributed by atoms with Crippen molar-refractivity contribution in [1.82, 2.24) is 9.72 Å². The van der Waals surface area contributed by atoms with Gasteiger partial charge in [-0.3, -0.25) is 19.5 Å². The van der Waals surface area contributed by atoms with Crippen LogP contribution in [0.1, 0.15) is 33.1 Å². The summed E-state index contributed by atoms with van der Waals surface area (Å²) < 4.78 is 7.07. The molecule has 26 heavy (non-hydrogen) atoms. The van der Waals surface area contributed by atoms with Gasteiger partial charge >= 0.3 is 0 Å². The first kappa shape index (κ1) is 17.3. The smallest absolute Gasteiger partial charge is 0.270 e. The van der Waals surface area contributed by atoms with Gasteiger partial charge in [0.25, 0.3) is 5.69 Å². The number of aromatic nitrogens is 2. The van der Waals surface area contributed by atoms with E-state index in [4.69, 9.17) is 4.52 Å². The highest BCUT2D eigenvalue weighted by atomic mass is 16.6. The molecule has 7 heteroatoms. The van der Waals surface area contributed by atoms with Crippen molar-refractivity contribution in [2.24, 2.45) is 0 Å². The van der Waals surface area contributed by atoms with Gasteiger partial charge in [-0.2, -0.15) is 0 Å². The molecular weight excluding hydrogens is 334 g/mol. The Hall–Kier alpha value is -3.48. The van der Waals surface area contributed by atoms with Crippen LogP contribution in [0.15, 0.2) is 47.0 Å². The van der Waals surface area contributed by atoms with Crippen LogP contribution in [-0.2, 0) is 0 Å². The number of benzene rings is 1. The zero-order chi connectivity index (χ0) is 18.8. The van der Waals surface area contributed by atoms with Crippen LogP contribution in [0.2, 0.25) is 0 Å². The summed E-state index contributed by atoms with van der Waals surface area (Å²) in [5.74, 6) is 1.10. The summed E-state index contributed by atoms with van der Waals surface area (Å²) in [5.41, 5.74) is 2.90. The van der Waals surface area contributed by atoms with Crippen LogP contribution in [0, 0.1) is 30.9 Å². The maximum Gasteiger partial charge on any atom is 0.270 e. The van der Waals surface area contributed by atoms with Crippen LogP contribution in [-0.4, -0.2) is 20.4 Å². The Labute approximate surface area is 149 Å². The zero-order valence-electron chi connectivity index (χ0n) is 14.6. The molecule has 0 atom stereocenters. The van der Waals surface area contributed by atoms with Crippen molar-refractivity contribution in [3.63, 3.8) is 0 Å². The molecule has 2 aromatic heterocycles. The van der Waals surface area contributed by atoms with Gasteiger partial charge in [0.1, 0.15) is 5.76 Å². The van der Waals surface area contributed by atoms with Crippen LogP contribution in [0.25, 0.3) is 11.9 Å². The summed E-state index contributed by atoms with van der Waals surface area (Å²) in [6, 6.07) is 9.46. The van der Waals surface area contributed by atoms with Gasteiger partial charge in [-0.1, -0.05) is 17.3 Å². The molecule has 3 rings (SSSR count). The molecule has 132 valence electrons. The summed E-state index contributed by atoms with van der Waals surface area (Å²) in [6.45, 7) is 5.69. The Morgan fingerprint density at radius 2 is 2.00 bits per heavy atom. The lowest BCUT2D eigenvalue weighted by Gasteiger charge is -2.03. The average molecular weight is 351 g/mol. The summed E-state index contributed by atoms with van der Waals surface area (Å²) in [6.07, 6.45) is 3.12. The summed E-state index contributed by atoms with van der Waals surface area (Å²) in [5, 5.41) is 14.9. The minimum Gasteiger partial charge on any atom is -0.360 e. The van der Waals surface area contributed by atoms with Crippen LogP contribution in [0.3, 0.4) is 0 Å². The third-order valence-corrected chi connectivity index (χ3v) is 4.07. The molecule has 0 N–H and O–H groups in total. The molecule has 1 aromatic carbocycles. The fourth-order valence-electron chi connectivity index (χ4n) is 2.80.